The highest BCUT2D eigenvalue weighted by atomic mass is 14.8. The maximum Gasteiger partial charge on any atom is 0.137 e. The molecule has 2 rings (SSSR count). The van der Waals surface area contributed by atoms with Gasteiger partial charge < -0.3 is 4.98 Å². The van der Waals surface area contributed by atoms with Crippen LogP contribution in [0.1, 0.15) is 19.4 Å². The highest BCUT2D eigenvalue weighted by Gasteiger charge is 2.16. The second kappa shape index (κ2) is 2.98. The lowest BCUT2D eigenvalue weighted by Gasteiger charge is -2.19. The van der Waals surface area contributed by atoms with Crippen molar-refractivity contribution in [3.63, 3.8) is 0 Å². The fourth-order valence-electron chi connectivity index (χ4n) is 1.41. The van der Waals surface area contributed by atoms with E-state index in [1.165, 1.54) is 5.56 Å². The average molecular weight is 186 g/mol. The van der Waals surface area contributed by atoms with Gasteiger partial charge in [-0.2, -0.15) is 0 Å². The molecule has 0 aliphatic rings. The summed E-state index contributed by atoms with van der Waals surface area (Å²) in [7, 11) is 0. The minimum atomic E-state index is -0.0154. The second-order valence-corrected chi connectivity index (χ2v) is 4.07. The first-order valence-electron chi connectivity index (χ1n) is 4.71. The normalized spacial score (nSPS) is 11.9. The molecule has 0 fully saturated rings. The Morgan fingerprint density at radius 1 is 1.50 bits per heavy atom. The van der Waals surface area contributed by atoms with Crippen LogP contribution in [0.4, 0.5) is 0 Å². The van der Waals surface area contributed by atoms with Crippen LogP contribution in [-0.2, 0) is 5.41 Å². The summed E-state index contributed by atoms with van der Waals surface area (Å²) in [6.45, 7) is 8.11. The van der Waals surface area contributed by atoms with Crippen LogP contribution >= 0.6 is 0 Å². The lowest BCUT2D eigenvalue weighted by molar-refractivity contribution is 0.669. The second-order valence-electron chi connectivity index (χ2n) is 4.07. The summed E-state index contributed by atoms with van der Waals surface area (Å²) in [5.74, 6) is 0. The number of nitrogens with one attached hydrogen (secondary N) is 1. The van der Waals surface area contributed by atoms with Gasteiger partial charge in [0.25, 0.3) is 0 Å². The highest BCUT2D eigenvalue weighted by molar-refractivity contribution is 5.76. The molecule has 0 amide bonds. The van der Waals surface area contributed by atoms with Crippen LogP contribution in [0.3, 0.4) is 0 Å². The monoisotopic (exact) mass is 186 g/mol. The van der Waals surface area contributed by atoms with E-state index in [2.05, 4.69) is 36.5 Å². The Bertz CT molecular complexity index is 466. The maximum atomic E-state index is 4.35. The van der Waals surface area contributed by atoms with Crippen molar-refractivity contribution in [2.24, 2.45) is 0 Å². The van der Waals surface area contributed by atoms with Crippen LogP contribution in [0.2, 0.25) is 0 Å². The fraction of sp³-hybridized carbons (Fsp3) is 0.250. The van der Waals surface area contributed by atoms with Gasteiger partial charge >= 0.3 is 0 Å². The van der Waals surface area contributed by atoms with E-state index in [0.29, 0.717) is 0 Å². The lowest BCUT2D eigenvalue weighted by atomic mass is 9.86. The molecule has 72 valence electrons. The lowest BCUT2D eigenvalue weighted by Crippen LogP contribution is -2.12. The van der Waals surface area contributed by atoms with E-state index in [4.69, 9.17) is 0 Å². The molecule has 0 atom stereocenters. The van der Waals surface area contributed by atoms with E-state index < -0.39 is 0 Å². The smallest absolute Gasteiger partial charge is 0.137 e. The molecule has 2 heteroatoms. The third-order valence-corrected chi connectivity index (χ3v) is 2.65. The molecule has 0 unspecified atom stereocenters. The Morgan fingerprint density at radius 3 is 3.00 bits per heavy atom. The number of pyridine rings is 1. The van der Waals surface area contributed by atoms with Gasteiger partial charge in [0.15, 0.2) is 0 Å². The summed E-state index contributed by atoms with van der Waals surface area (Å²) in [5, 5.41) is 1.15. The first kappa shape index (κ1) is 9.00. The number of nitrogens with zero attached hydrogens (tertiary/aromatic N) is 1. The average Bonchev–Trinajstić information content (AvgIpc) is 2.64. The molecule has 2 aromatic rings. The first-order valence-corrected chi connectivity index (χ1v) is 4.71. The molecule has 0 spiro atoms. The van der Waals surface area contributed by atoms with Gasteiger partial charge in [-0.1, -0.05) is 19.9 Å². The first-order chi connectivity index (χ1) is 6.63. The van der Waals surface area contributed by atoms with Gasteiger partial charge in [-0.15, -0.1) is 6.58 Å². The highest BCUT2D eigenvalue weighted by Crippen LogP contribution is 2.25. The van der Waals surface area contributed by atoms with Crippen LogP contribution in [-0.4, -0.2) is 9.97 Å². The number of rotatable bonds is 2. The van der Waals surface area contributed by atoms with Crippen LogP contribution in [0, 0.1) is 0 Å². The number of aromatic nitrogens is 2. The minimum absolute atomic E-state index is 0.0154. The van der Waals surface area contributed by atoms with Crippen molar-refractivity contribution in [2.75, 3.05) is 0 Å². The quantitative estimate of drug-likeness (QED) is 0.717. The van der Waals surface area contributed by atoms with E-state index in [1.54, 1.807) is 0 Å². The van der Waals surface area contributed by atoms with Gasteiger partial charge in [0, 0.05) is 23.2 Å². The zero-order valence-corrected chi connectivity index (χ0v) is 8.54. The molecule has 1 N–H and O–H groups in total. The van der Waals surface area contributed by atoms with Crippen molar-refractivity contribution < 1.29 is 0 Å². The van der Waals surface area contributed by atoms with Crippen LogP contribution < -0.4 is 0 Å². The Balaban J connectivity index is 2.59. The molecule has 0 radical (unpaired) electrons. The zero-order chi connectivity index (χ0) is 10.2. The van der Waals surface area contributed by atoms with Gasteiger partial charge in [-0.05, 0) is 17.7 Å². The van der Waals surface area contributed by atoms with Crippen molar-refractivity contribution in [1.82, 2.24) is 9.97 Å². The van der Waals surface area contributed by atoms with Crippen molar-refractivity contribution in [3.8, 4) is 0 Å². The van der Waals surface area contributed by atoms with Gasteiger partial charge in [-0.25, -0.2) is 4.98 Å². The number of H-pyrrole nitrogens is 1. The minimum Gasteiger partial charge on any atom is -0.346 e. The Hall–Kier alpha value is -1.57. The molecule has 0 saturated heterocycles. The van der Waals surface area contributed by atoms with E-state index in [1.807, 2.05) is 24.5 Å². The molecule has 2 aromatic heterocycles. The molecule has 0 bridgehead atoms. The summed E-state index contributed by atoms with van der Waals surface area (Å²) in [5.41, 5.74) is 2.12. The molecule has 2 heterocycles. The number of hydrogen-bond donors (Lipinski definition) is 1. The van der Waals surface area contributed by atoms with Crippen molar-refractivity contribution >= 4 is 11.0 Å². The molecule has 14 heavy (non-hydrogen) atoms. The fourth-order valence-corrected chi connectivity index (χ4v) is 1.41. The molecule has 0 aromatic carbocycles. The number of allylic oxidation sites excluding steroid dienone is 1. The number of hydrogen-bond acceptors (Lipinski definition) is 1. The third kappa shape index (κ3) is 1.33. The predicted octanol–water partition coefficient (Wildman–Crippen LogP) is 3.03. The summed E-state index contributed by atoms with van der Waals surface area (Å²) < 4.78 is 0. The third-order valence-electron chi connectivity index (χ3n) is 2.65. The van der Waals surface area contributed by atoms with E-state index in [9.17, 15) is 0 Å². The molecule has 0 saturated carbocycles. The molecule has 0 aliphatic carbocycles. The van der Waals surface area contributed by atoms with Gasteiger partial charge in [0.1, 0.15) is 5.65 Å². The van der Waals surface area contributed by atoms with Crippen LogP contribution in [0.5, 0.6) is 0 Å². The number of aromatic amines is 1. The van der Waals surface area contributed by atoms with Gasteiger partial charge in [0.2, 0.25) is 0 Å². The standard InChI is InChI=1S/C12H14N2/c1-4-12(2,3)10-7-9-5-6-13-11(9)14-8-10/h4-8H,1H2,2-3H3,(H,13,14). The maximum absolute atomic E-state index is 4.35. The molecular formula is C12H14N2. The van der Waals surface area contributed by atoms with Crippen molar-refractivity contribution in [2.45, 2.75) is 19.3 Å². The molecular weight excluding hydrogens is 172 g/mol. The van der Waals surface area contributed by atoms with Gasteiger partial charge in [0.05, 0.1) is 0 Å². The Labute approximate surface area is 83.7 Å². The SMILES string of the molecule is C=CC(C)(C)c1cnc2[nH]ccc2c1. The number of fused-ring (bicyclic) bond motifs is 1. The largest absolute Gasteiger partial charge is 0.346 e. The topological polar surface area (TPSA) is 28.7 Å². The van der Waals surface area contributed by atoms with Crippen molar-refractivity contribution in [1.29, 1.82) is 0 Å². The zero-order valence-electron chi connectivity index (χ0n) is 8.54. The Morgan fingerprint density at radius 2 is 2.29 bits per heavy atom. The van der Waals surface area contributed by atoms with E-state index in [0.717, 1.165) is 11.0 Å². The van der Waals surface area contributed by atoms with Crippen molar-refractivity contribution in [3.05, 3.63) is 42.7 Å². The summed E-state index contributed by atoms with van der Waals surface area (Å²) >= 11 is 0. The van der Waals surface area contributed by atoms with E-state index >= 15 is 0 Å². The summed E-state index contributed by atoms with van der Waals surface area (Å²) in [6.07, 6.45) is 5.76. The van der Waals surface area contributed by atoms with Crippen LogP contribution in [0.15, 0.2) is 37.2 Å². The summed E-state index contributed by atoms with van der Waals surface area (Å²) in [6, 6.07) is 4.19. The molecule has 2 nitrogen and oxygen atoms in total. The van der Waals surface area contributed by atoms with Crippen LogP contribution in [0.25, 0.3) is 11.0 Å². The Kier molecular flexibility index (Phi) is 1.92. The van der Waals surface area contributed by atoms with Gasteiger partial charge in [-0.3, -0.25) is 0 Å². The van der Waals surface area contributed by atoms with E-state index in [-0.39, 0.29) is 5.41 Å². The predicted molar refractivity (Wildman–Crippen MR) is 59.3 cm³/mol. The summed E-state index contributed by atoms with van der Waals surface area (Å²) in [4.78, 5) is 7.43. The molecule has 0 aliphatic heterocycles.